The second kappa shape index (κ2) is 7.38. The smallest absolute Gasteiger partial charge is 0.270 e. The number of nitro groups is 1. The first kappa shape index (κ1) is 17.2. The third-order valence-electron chi connectivity index (χ3n) is 4.12. The van der Waals surface area contributed by atoms with Crippen LogP contribution in [0.5, 0.6) is 0 Å². The van der Waals surface area contributed by atoms with E-state index in [-0.39, 0.29) is 22.8 Å². The van der Waals surface area contributed by atoms with Gasteiger partial charge < -0.3 is 20.1 Å². The molecule has 1 heterocycles. The van der Waals surface area contributed by atoms with Crippen LogP contribution < -0.4 is 10.6 Å². The number of carbonyl (C=O) groups is 1. The van der Waals surface area contributed by atoms with Gasteiger partial charge in [0.15, 0.2) is 0 Å². The van der Waals surface area contributed by atoms with Gasteiger partial charge in [-0.1, -0.05) is 0 Å². The summed E-state index contributed by atoms with van der Waals surface area (Å²) in [6.45, 7) is 1.74. The molecule has 1 aromatic carbocycles. The topological polar surface area (TPSA) is 103 Å². The molecule has 0 aromatic heterocycles. The maximum Gasteiger partial charge on any atom is 0.270 e. The number of nitrogens with zero attached hydrogens (tertiary/aromatic N) is 1. The number of hydrogen-bond donors (Lipinski definition) is 2. The lowest BCUT2D eigenvalue weighted by Gasteiger charge is -2.36. The number of hydrogen-bond acceptors (Lipinski definition) is 6. The molecular weight excluding hydrogens is 302 g/mol. The molecule has 0 unspecified atom stereocenters. The first-order valence-electron chi connectivity index (χ1n) is 7.38. The Bertz CT molecular complexity index is 584. The standard InChI is InChI=1S/C15H21N3O5/c1-16-14(19)12-9-11(18(20)21)3-4-13(12)17-10-15(22-2)5-7-23-8-6-15/h3-4,9,17H,5-8,10H2,1-2H3,(H,16,19). The van der Waals surface area contributed by atoms with Crippen molar-refractivity contribution in [1.29, 1.82) is 0 Å². The van der Waals surface area contributed by atoms with E-state index in [0.29, 0.717) is 25.4 Å². The Morgan fingerprint density at radius 3 is 2.70 bits per heavy atom. The van der Waals surface area contributed by atoms with Crippen molar-refractivity contribution in [2.45, 2.75) is 18.4 Å². The van der Waals surface area contributed by atoms with E-state index in [2.05, 4.69) is 10.6 Å². The summed E-state index contributed by atoms with van der Waals surface area (Å²) in [6.07, 6.45) is 1.50. The van der Waals surface area contributed by atoms with E-state index in [1.54, 1.807) is 13.2 Å². The maximum atomic E-state index is 12.0. The molecule has 1 aliphatic heterocycles. The number of nitro benzene ring substituents is 1. The molecule has 0 radical (unpaired) electrons. The van der Waals surface area contributed by atoms with Gasteiger partial charge in [-0.15, -0.1) is 0 Å². The van der Waals surface area contributed by atoms with Crippen molar-refractivity contribution in [3.05, 3.63) is 33.9 Å². The number of non-ortho nitro benzene ring substituents is 1. The summed E-state index contributed by atoms with van der Waals surface area (Å²) in [5.41, 5.74) is 0.291. The zero-order valence-electron chi connectivity index (χ0n) is 13.3. The fourth-order valence-electron chi connectivity index (χ4n) is 2.58. The molecule has 1 saturated heterocycles. The second-order valence-corrected chi connectivity index (χ2v) is 5.42. The molecule has 8 nitrogen and oxygen atoms in total. The van der Waals surface area contributed by atoms with Gasteiger partial charge in [-0.25, -0.2) is 0 Å². The molecule has 1 aromatic rings. The van der Waals surface area contributed by atoms with E-state index in [0.717, 1.165) is 12.8 Å². The Balaban J connectivity index is 2.21. The quantitative estimate of drug-likeness (QED) is 0.608. The number of carbonyl (C=O) groups excluding carboxylic acids is 1. The number of methoxy groups -OCH3 is 1. The largest absolute Gasteiger partial charge is 0.381 e. The molecule has 0 saturated carbocycles. The molecule has 0 spiro atoms. The minimum Gasteiger partial charge on any atom is -0.381 e. The van der Waals surface area contributed by atoms with Crippen LogP contribution in [0.1, 0.15) is 23.2 Å². The highest BCUT2D eigenvalue weighted by Crippen LogP contribution is 2.27. The number of nitrogens with one attached hydrogen (secondary N) is 2. The number of rotatable bonds is 6. The Morgan fingerprint density at radius 2 is 2.13 bits per heavy atom. The lowest BCUT2D eigenvalue weighted by atomic mass is 9.93. The lowest BCUT2D eigenvalue weighted by Crippen LogP contribution is -2.44. The van der Waals surface area contributed by atoms with E-state index in [1.165, 1.54) is 19.2 Å². The summed E-state index contributed by atoms with van der Waals surface area (Å²) in [5, 5.41) is 16.6. The summed E-state index contributed by atoms with van der Waals surface area (Å²) in [6, 6.07) is 4.19. The average molecular weight is 323 g/mol. The van der Waals surface area contributed by atoms with Crippen LogP contribution in [-0.4, -0.2) is 50.3 Å². The fourth-order valence-corrected chi connectivity index (χ4v) is 2.58. The van der Waals surface area contributed by atoms with Crippen molar-refractivity contribution in [3.63, 3.8) is 0 Å². The lowest BCUT2D eigenvalue weighted by molar-refractivity contribution is -0.384. The molecule has 2 N–H and O–H groups in total. The normalized spacial score (nSPS) is 16.6. The monoisotopic (exact) mass is 323 g/mol. The van der Waals surface area contributed by atoms with Gasteiger partial charge in [-0.3, -0.25) is 14.9 Å². The van der Waals surface area contributed by atoms with Gasteiger partial charge >= 0.3 is 0 Å². The molecule has 23 heavy (non-hydrogen) atoms. The van der Waals surface area contributed by atoms with Crippen LogP contribution in [0.4, 0.5) is 11.4 Å². The molecule has 1 aliphatic rings. The second-order valence-electron chi connectivity index (χ2n) is 5.42. The minimum absolute atomic E-state index is 0.123. The Morgan fingerprint density at radius 1 is 1.43 bits per heavy atom. The van der Waals surface area contributed by atoms with Crippen LogP contribution in [0.2, 0.25) is 0 Å². The zero-order chi connectivity index (χ0) is 16.9. The van der Waals surface area contributed by atoms with E-state index in [4.69, 9.17) is 9.47 Å². The fraction of sp³-hybridized carbons (Fsp3) is 0.533. The van der Waals surface area contributed by atoms with Gasteiger partial charge in [0.25, 0.3) is 11.6 Å². The third kappa shape index (κ3) is 3.96. The van der Waals surface area contributed by atoms with E-state index in [9.17, 15) is 14.9 Å². The minimum atomic E-state index is -0.522. The molecule has 8 heteroatoms. The van der Waals surface area contributed by atoms with Gasteiger partial charge in [-0.2, -0.15) is 0 Å². The highest BCUT2D eigenvalue weighted by atomic mass is 16.6. The van der Waals surface area contributed by atoms with Crippen molar-refractivity contribution in [2.75, 3.05) is 39.2 Å². The zero-order valence-corrected chi connectivity index (χ0v) is 13.3. The molecule has 2 rings (SSSR count). The van der Waals surface area contributed by atoms with Crippen LogP contribution >= 0.6 is 0 Å². The predicted molar refractivity (Wildman–Crippen MR) is 84.8 cm³/mol. The van der Waals surface area contributed by atoms with Crippen molar-refractivity contribution >= 4 is 17.3 Å². The summed E-state index contributed by atoms with van der Waals surface area (Å²) < 4.78 is 11.0. The highest BCUT2D eigenvalue weighted by molar-refractivity contribution is 6.00. The van der Waals surface area contributed by atoms with Crippen molar-refractivity contribution in [1.82, 2.24) is 5.32 Å². The maximum absolute atomic E-state index is 12.0. The average Bonchev–Trinajstić information content (AvgIpc) is 2.59. The van der Waals surface area contributed by atoms with Crippen LogP contribution in [0, 0.1) is 10.1 Å². The SMILES string of the molecule is CNC(=O)c1cc([N+](=O)[O-])ccc1NCC1(OC)CCOCC1. The molecule has 0 aliphatic carbocycles. The molecule has 1 amide bonds. The summed E-state index contributed by atoms with van der Waals surface area (Å²) in [4.78, 5) is 22.4. The molecule has 126 valence electrons. The molecule has 1 fully saturated rings. The molecular formula is C15H21N3O5. The number of benzene rings is 1. The van der Waals surface area contributed by atoms with Gasteiger partial charge in [0.2, 0.25) is 0 Å². The third-order valence-corrected chi connectivity index (χ3v) is 4.12. The Hall–Kier alpha value is -2.19. The highest BCUT2D eigenvalue weighted by Gasteiger charge is 2.32. The summed E-state index contributed by atoms with van der Waals surface area (Å²) in [7, 11) is 3.14. The molecule has 0 atom stereocenters. The Kier molecular flexibility index (Phi) is 5.51. The number of ether oxygens (including phenoxy) is 2. The Labute approximate surface area is 134 Å². The first-order chi connectivity index (χ1) is 11.0. The van der Waals surface area contributed by atoms with Gasteiger partial charge in [0.05, 0.1) is 16.1 Å². The molecule has 0 bridgehead atoms. The van der Waals surface area contributed by atoms with Gasteiger partial charge in [0, 0.05) is 64.6 Å². The van der Waals surface area contributed by atoms with E-state index < -0.39 is 4.92 Å². The van der Waals surface area contributed by atoms with Crippen LogP contribution in [0.25, 0.3) is 0 Å². The van der Waals surface area contributed by atoms with Crippen LogP contribution in [-0.2, 0) is 9.47 Å². The van der Waals surface area contributed by atoms with Gasteiger partial charge in [-0.05, 0) is 6.07 Å². The van der Waals surface area contributed by atoms with E-state index in [1.807, 2.05) is 0 Å². The van der Waals surface area contributed by atoms with Crippen molar-refractivity contribution in [2.24, 2.45) is 0 Å². The predicted octanol–water partition coefficient (Wildman–Crippen LogP) is 1.56. The summed E-state index contributed by atoms with van der Waals surface area (Å²) in [5.74, 6) is -0.380. The van der Waals surface area contributed by atoms with Crippen molar-refractivity contribution < 1.29 is 19.2 Å². The van der Waals surface area contributed by atoms with Crippen LogP contribution in [0.3, 0.4) is 0 Å². The summed E-state index contributed by atoms with van der Waals surface area (Å²) >= 11 is 0. The number of amides is 1. The first-order valence-corrected chi connectivity index (χ1v) is 7.38. The van der Waals surface area contributed by atoms with Crippen LogP contribution in [0.15, 0.2) is 18.2 Å². The van der Waals surface area contributed by atoms with E-state index >= 15 is 0 Å². The van der Waals surface area contributed by atoms with Crippen molar-refractivity contribution in [3.8, 4) is 0 Å². The number of anilines is 1. The van der Waals surface area contributed by atoms with Gasteiger partial charge in [0.1, 0.15) is 0 Å².